The second-order valence-corrected chi connectivity index (χ2v) is 5.87. The fraction of sp³-hybridized carbons (Fsp3) is 0.333. The van der Waals surface area contributed by atoms with Gasteiger partial charge in [-0.05, 0) is 54.6 Å². The number of halogens is 1. The quantitative estimate of drug-likeness (QED) is 0.831. The van der Waals surface area contributed by atoms with Gasteiger partial charge in [-0.2, -0.15) is 0 Å². The standard InChI is InChI=1S/C18H19N.ClH/c1-12-6-5-8-15-13-10-11-18(19-2,17(12)15)16-9-4-3-7-14(13)16;/h3-9,13,19H,10-11H2,1-2H3;1H. The molecule has 2 bridgehead atoms. The van der Waals surface area contributed by atoms with Crippen LogP contribution in [0.4, 0.5) is 0 Å². The summed E-state index contributed by atoms with van der Waals surface area (Å²) in [6.45, 7) is 2.25. The zero-order valence-electron chi connectivity index (χ0n) is 11.9. The Balaban J connectivity index is 0.00000121. The predicted molar refractivity (Wildman–Crippen MR) is 85.8 cm³/mol. The summed E-state index contributed by atoms with van der Waals surface area (Å²) in [7, 11) is 2.11. The zero-order valence-corrected chi connectivity index (χ0v) is 12.8. The van der Waals surface area contributed by atoms with Crippen LogP contribution >= 0.6 is 12.4 Å². The van der Waals surface area contributed by atoms with Gasteiger partial charge in [0.15, 0.2) is 0 Å². The van der Waals surface area contributed by atoms with Gasteiger partial charge in [0.25, 0.3) is 0 Å². The Kier molecular flexibility index (Phi) is 3.15. The Bertz CT molecular complexity index is 664. The summed E-state index contributed by atoms with van der Waals surface area (Å²) in [6.07, 6.45) is 2.47. The molecule has 0 aliphatic heterocycles. The second kappa shape index (κ2) is 4.61. The van der Waals surface area contributed by atoms with E-state index < -0.39 is 0 Å². The van der Waals surface area contributed by atoms with Gasteiger partial charge in [-0.15, -0.1) is 12.4 Å². The fourth-order valence-corrected chi connectivity index (χ4v) is 4.37. The lowest BCUT2D eigenvalue weighted by Crippen LogP contribution is -2.49. The molecule has 0 saturated heterocycles. The van der Waals surface area contributed by atoms with Crippen LogP contribution in [0.1, 0.15) is 46.6 Å². The van der Waals surface area contributed by atoms with Crippen LogP contribution in [0, 0.1) is 6.92 Å². The Labute approximate surface area is 126 Å². The molecule has 104 valence electrons. The lowest BCUT2D eigenvalue weighted by Gasteiger charge is -2.50. The molecule has 2 heteroatoms. The van der Waals surface area contributed by atoms with Crippen LogP contribution in [-0.2, 0) is 5.54 Å². The zero-order chi connectivity index (χ0) is 13.0. The third kappa shape index (κ3) is 1.48. The molecule has 0 spiro atoms. The summed E-state index contributed by atoms with van der Waals surface area (Å²) in [4.78, 5) is 0. The summed E-state index contributed by atoms with van der Waals surface area (Å²) in [5.41, 5.74) is 7.56. The number of fused-ring (bicyclic) bond motifs is 1. The average Bonchev–Trinajstić information content (AvgIpc) is 2.48. The maximum absolute atomic E-state index is 3.66. The van der Waals surface area contributed by atoms with Crippen molar-refractivity contribution in [1.82, 2.24) is 5.32 Å². The predicted octanol–water partition coefficient (Wildman–Crippen LogP) is 4.12. The molecule has 0 amide bonds. The van der Waals surface area contributed by atoms with Crippen molar-refractivity contribution >= 4 is 12.4 Å². The van der Waals surface area contributed by atoms with E-state index in [0.29, 0.717) is 5.92 Å². The van der Waals surface area contributed by atoms with Crippen molar-refractivity contribution in [1.29, 1.82) is 0 Å². The van der Waals surface area contributed by atoms with E-state index in [4.69, 9.17) is 0 Å². The van der Waals surface area contributed by atoms with Gasteiger partial charge in [-0.25, -0.2) is 0 Å². The van der Waals surface area contributed by atoms with Gasteiger partial charge in [0, 0.05) is 5.92 Å². The van der Waals surface area contributed by atoms with Crippen LogP contribution < -0.4 is 5.32 Å². The van der Waals surface area contributed by atoms with E-state index in [1.54, 1.807) is 5.56 Å². The molecule has 1 N–H and O–H groups in total. The summed E-state index contributed by atoms with van der Waals surface area (Å²) >= 11 is 0. The summed E-state index contributed by atoms with van der Waals surface area (Å²) < 4.78 is 0. The smallest absolute Gasteiger partial charge is 0.0696 e. The first-order valence-electron chi connectivity index (χ1n) is 7.16. The molecule has 2 aromatic rings. The van der Waals surface area contributed by atoms with E-state index in [1.165, 1.54) is 35.1 Å². The SMILES string of the molecule is CNC12CCC(c3ccccc31)c1cccc(C)c12.Cl. The van der Waals surface area contributed by atoms with Crippen molar-refractivity contribution in [3.05, 3.63) is 70.3 Å². The number of hydrogen-bond acceptors (Lipinski definition) is 1. The monoisotopic (exact) mass is 285 g/mol. The topological polar surface area (TPSA) is 12.0 Å². The molecule has 1 nitrogen and oxygen atoms in total. The van der Waals surface area contributed by atoms with Crippen LogP contribution in [0.5, 0.6) is 0 Å². The van der Waals surface area contributed by atoms with Gasteiger partial charge in [-0.1, -0.05) is 42.5 Å². The Morgan fingerprint density at radius 1 is 1.05 bits per heavy atom. The van der Waals surface area contributed by atoms with Gasteiger partial charge >= 0.3 is 0 Å². The third-order valence-corrected chi connectivity index (χ3v) is 5.14. The molecule has 0 fully saturated rings. The molecule has 2 aromatic carbocycles. The van der Waals surface area contributed by atoms with Crippen molar-refractivity contribution < 1.29 is 0 Å². The maximum Gasteiger partial charge on any atom is 0.0696 e. The van der Waals surface area contributed by atoms with E-state index in [0.717, 1.165) is 0 Å². The van der Waals surface area contributed by atoms with Crippen LogP contribution in [0.3, 0.4) is 0 Å². The minimum atomic E-state index is 0. The number of benzene rings is 2. The molecule has 0 heterocycles. The van der Waals surface area contributed by atoms with Crippen molar-refractivity contribution in [2.75, 3.05) is 7.05 Å². The lowest BCUT2D eigenvalue weighted by molar-refractivity contribution is 0.324. The van der Waals surface area contributed by atoms with Crippen molar-refractivity contribution in [2.24, 2.45) is 0 Å². The van der Waals surface area contributed by atoms with Gasteiger partial charge < -0.3 is 5.32 Å². The van der Waals surface area contributed by atoms with Gasteiger partial charge in [0.05, 0.1) is 5.54 Å². The number of hydrogen-bond donors (Lipinski definition) is 1. The molecule has 0 radical (unpaired) electrons. The molecule has 0 aromatic heterocycles. The van der Waals surface area contributed by atoms with E-state index >= 15 is 0 Å². The first-order chi connectivity index (χ1) is 9.28. The minimum absolute atomic E-state index is 0. The molecule has 20 heavy (non-hydrogen) atoms. The first-order valence-corrected chi connectivity index (χ1v) is 7.16. The van der Waals surface area contributed by atoms with Crippen molar-refractivity contribution in [3.63, 3.8) is 0 Å². The molecular formula is C18H20ClN. The van der Waals surface area contributed by atoms with Crippen LogP contribution in [0.15, 0.2) is 42.5 Å². The highest BCUT2D eigenvalue weighted by atomic mass is 35.5. The minimum Gasteiger partial charge on any atom is -0.307 e. The maximum atomic E-state index is 3.66. The molecule has 5 rings (SSSR count). The Morgan fingerprint density at radius 3 is 2.60 bits per heavy atom. The van der Waals surface area contributed by atoms with E-state index in [2.05, 4.69) is 61.8 Å². The van der Waals surface area contributed by atoms with Crippen LogP contribution in [-0.4, -0.2) is 7.05 Å². The number of aryl methyl sites for hydroxylation is 1. The number of rotatable bonds is 1. The summed E-state index contributed by atoms with van der Waals surface area (Å²) in [6, 6.07) is 15.8. The molecular weight excluding hydrogens is 266 g/mol. The molecule has 2 unspecified atom stereocenters. The van der Waals surface area contributed by atoms with Crippen molar-refractivity contribution in [3.8, 4) is 0 Å². The molecule has 3 aliphatic rings. The van der Waals surface area contributed by atoms with Gasteiger partial charge in [0.2, 0.25) is 0 Å². The average molecular weight is 286 g/mol. The van der Waals surface area contributed by atoms with Crippen LogP contribution in [0.2, 0.25) is 0 Å². The normalized spacial score (nSPS) is 25.6. The molecule has 0 saturated carbocycles. The largest absolute Gasteiger partial charge is 0.307 e. The van der Waals surface area contributed by atoms with E-state index in [9.17, 15) is 0 Å². The van der Waals surface area contributed by atoms with E-state index in [1.807, 2.05) is 0 Å². The number of nitrogens with one attached hydrogen (secondary N) is 1. The van der Waals surface area contributed by atoms with Crippen molar-refractivity contribution in [2.45, 2.75) is 31.2 Å². The van der Waals surface area contributed by atoms with E-state index in [-0.39, 0.29) is 17.9 Å². The highest BCUT2D eigenvalue weighted by Gasteiger charge is 2.47. The van der Waals surface area contributed by atoms with Gasteiger partial charge in [0.1, 0.15) is 0 Å². The molecule has 3 aliphatic carbocycles. The first kappa shape index (κ1) is 13.7. The second-order valence-electron chi connectivity index (χ2n) is 5.87. The van der Waals surface area contributed by atoms with Gasteiger partial charge in [-0.3, -0.25) is 0 Å². The fourth-order valence-electron chi connectivity index (χ4n) is 4.37. The highest BCUT2D eigenvalue weighted by molar-refractivity contribution is 5.85. The lowest BCUT2D eigenvalue weighted by atomic mass is 9.58. The highest BCUT2D eigenvalue weighted by Crippen LogP contribution is 2.55. The Hall–Kier alpha value is -1.31. The summed E-state index contributed by atoms with van der Waals surface area (Å²) in [5, 5.41) is 3.66. The molecule has 2 atom stereocenters. The summed E-state index contributed by atoms with van der Waals surface area (Å²) in [5.74, 6) is 0.598. The Morgan fingerprint density at radius 2 is 1.80 bits per heavy atom. The van der Waals surface area contributed by atoms with Crippen LogP contribution in [0.25, 0.3) is 0 Å². The third-order valence-electron chi connectivity index (χ3n) is 5.14.